The summed E-state index contributed by atoms with van der Waals surface area (Å²) in [6, 6.07) is 6.51. The van der Waals surface area contributed by atoms with Gasteiger partial charge in [0.25, 0.3) is 5.91 Å². The van der Waals surface area contributed by atoms with Gasteiger partial charge in [-0.05, 0) is 38.0 Å². The summed E-state index contributed by atoms with van der Waals surface area (Å²) in [4.78, 5) is 50.0. The lowest BCUT2D eigenvalue weighted by Crippen LogP contribution is -2.38. The van der Waals surface area contributed by atoms with Crippen molar-refractivity contribution in [3.63, 3.8) is 0 Å². The maximum Gasteiger partial charge on any atom is 0.251 e. The van der Waals surface area contributed by atoms with Gasteiger partial charge in [0.1, 0.15) is 6.54 Å². The van der Waals surface area contributed by atoms with Crippen LogP contribution in [0, 0.1) is 11.8 Å². The van der Waals surface area contributed by atoms with Gasteiger partial charge in [-0.15, -0.1) is 0 Å². The maximum absolute atomic E-state index is 12.4. The first-order valence-electron chi connectivity index (χ1n) is 8.69. The van der Waals surface area contributed by atoms with E-state index in [4.69, 9.17) is 0 Å². The predicted octanol–water partition coefficient (Wildman–Crippen LogP) is 1.33. The molecule has 1 heterocycles. The van der Waals surface area contributed by atoms with Crippen molar-refractivity contribution in [2.75, 3.05) is 18.4 Å². The van der Waals surface area contributed by atoms with E-state index in [1.54, 1.807) is 24.3 Å². The summed E-state index contributed by atoms with van der Waals surface area (Å²) < 4.78 is 0. The Hall–Kier alpha value is -2.96. The number of fused-ring (bicyclic) bond motifs is 1. The fourth-order valence-electron chi connectivity index (χ4n) is 3.37. The van der Waals surface area contributed by atoms with Gasteiger partial charge in [0.15, 0.2) is 0 Å². The topological polar surface area (TPSA) is 95.6 Å². The molecule has 1 fully saturated rings. The average molecular weight is 355 g/mol. The molecule has 0 spiro atoms. The number of imide groups is 1. The van der Waals surface area contributed by atoms with E-state index in [1.807, 2.05) is 19.1 Å². The lowest BCUT2D eigenvalue weighted by atomic mass is 9.85. The van der Waals surface area contributed by atoms with Crippen molar-refractivity contribution in [2.45, 2.75) is 19.8 Å². The van der Waals surface area contributed by atoms with Crippen LogP contribution >= 0.6 is 0 Å². The van der Waals surface area contributed by atoms with Crippen LogP contribution in [0.5, 0.6) is 0 Å². The van der Waals surface area contributed by atoms with Gasteiger partial charge in [-0.3, -0.25) is 24.1 Å². The van der Waals surface area contributed by atoms with Gasteiger partial charge in [0, 0.05) is 17.8 Å². The van der Waals surface area contributed by atoms with Crippen LogP contribution in [0.3, 0.4) is 0 Å². The number of hydrogen-bond acceptors (Lipinski definition) is 4. The standard InChI is InChI=1S/C19H21N3O4/c1-2-20-17(24)12-6-5-7-13(10-12)21-16(23)11-22-18(25)14-8-3-4-9-15(14)19(22)26/h3-7,10,14-15H,2,8-9,11H2,1H3,(H,20,24)(H,21,23)/t14-,15-/m0/s1. The predicted molar refractivity (Wildman–Crippen MR) is 95.2 cm³/mol. The Morgan fingerprint density at radius 2 is 1.77 bits per heavy atom. The Kier molecular flexibility index (Phi) is 5.16. The van der Waals surface area contributed by atoms with E-state index < -0.39 is 5.91 Å². The lowest BCUT2D eigenvalue weighted by molar-refractivity contribution is -0.142. The summed E-state index contributed by atoms with van der Waals surface area (Å²) in [6.45, 7) is 2.02. The first-order valence-corrected chi connectivity index (χ1v) is 8.69. The zero-order chi connectivity index (χ0) is 18.7. The van der Waals surface area contributed by atoms with E-state index in [2.05, 4.69) is 10.6 Å². The molecule has 7 heteroatoms. The van der Waals surface area contributed by atoms with Crippen molar-refractivity contribution >= 4 is 29.3 Å². The summed E-state index contributed by atoms with van der Waals surface area (Å²) in [5, 5.41) is 5.33. The fraction of sp³-hybridized carbons (Fsp3) is 0.368. The molecule has 3 rings (SSSR count). The third-order valence-corrected chi connectivity index (χ3v) is 4.65. The SMILES string of the molecule is CCNC(=O)c1cccc(NC(=O)CN2C(=O)[C@H]3CC=CC[C@@H]3C2=O)c1. The molecule has 2 N–H and O–H groups in total. The number of allylic oxidation sites excluding steroid dienone is 2. The molecule has 0 aromatic heterocycles. The molecule has 2 atom stereocenters. The molecule has 0 saturated carbocycles. The molecule has 1 aliphatic carbocycles. The number of benzene rings is 1. The number of carbonyl (C=O) groups excluding carboxylic acids is 4. The Morgan fingerprint density at radius 3 is 2.38 bits per heavy atom. The number of amides is 4. The highest BCUT2D eigenvalue weighted by Crippen LogP contribution is 2.34. The van der Waals surface area contributed by atoms with Crippen molar-refractivity contribution in [1.82, 2.24) is 10.2 Å². The minimum atomic E-state index is -0.466. The minimum absolute atomic E-state index is 0.231. The average Bonchev–Trinajstić information content (AvgIpc) is 2.87. The van der Waals surface area contributed by atoms with E-state index in [0.717, 1.165) is 4.90 Å². The monoisotopic (exact) mass is 355 g/mol. The minimum Gasteiger partial charge on any atom is -0.352 e. The molecule has 136 valence electrons. The zero-order valence-corrected chi connectivity index (χ0v) is 14.5. The summed E-state index contributed by atoms with van der Waals surface area (Å²) in [5.41, 5.74) is 0.868. The number of anilines is 1. The number of nitrogens with zero attached hydrogens (tertiary/aromatic N) is 1. The molecule has 0 radical (unpaired) electrons. The highest BCUT2D eigenvalue weighted by atomic mass is 16.2. The smallest absolute Gasteiger partial charge is 0.251 e. The van der Waals surface area contributed by atoms with Crippen LogP contribution in [-0.2, 0) is 14.4 Å². The highest BCUT2D eigenvalue weighted by Gasteiger charge is 2.47. The second-order valence-electron chi connectivity index (χ2n) is 6.41. The Balaban J connectivity index is 1.64. The first-order chi connectivity index (χ1) is 12.5. The van der Waals surface area contributed by atoms with Crippen LogP contribution in [-0.4, -0.2) is 41.6 Å². The van der Waals surface area contributed by atoms with E-state index in [9.17, 15) is 19.2 Å². The maximum atomic E-state index is 12.4. The molecule has 7 nitrogen and oxygen atoms in total. The molecule has 0 bridgehead atoms. The first kappa shape index (κ1) is 17.8. The fourth-order valence-corrected chi connectivity index (χ4v) is 3.37. The van der Waals surface area contributed by atoms with Crippen LogP contribution in [0.4, 0.5) is 5.69 Å². The van der Waals surface area contributed by atoms with Gasteiger partial charge >= 0.3 is 0 Å². The largest absolute Gasteiger partial charge is 0.352 e. The van der Waals surface area contributed by atoms with Gasteiger partial charge in [0.2, 0.25) is 17.7 Å². The number of rotatable bonds is 5. The number of nitrogens with one attached hydrogen (secondary N) is 2. The molecule has 0 unspecified atom stereocenters. The lowest BCUT2D eigenvalue weighted by Gasteiger charge is -2.14. The van der Waals surface area contributed by atoms with E-state index in [0.29, 0.717) is 30.6 Å². The molecule has 4 amide bonds. The summed E-state index contributed by atoms with van der Waals surface area (Å²) in [6.07, 6.45) is 4.90. The third kappa shape index (κ3) is 3.51. The van der Waals surface area contributed by atoms with Crippen LogP contribution in [0.25, 0.3) is 0 Å². The molecular formula is C19H21N3O4. The van der Waals surface area contributed by atoms with E-state index >= 15 is 0 Å². The second kappa shape index (κ2) is 7.51. The van der Waals surface area contributed by atoms with Gasteiger partial charge < -0.3 is 10.6 Å². The molecule has 2 aliphatic rings. The Morgan fingerprint density at radius 1 is 1.12 bits per heavy atom. The summed E-state index contributed by atoms with van der Waals surface area (Å²) >= 11 is 0. The Labute approximate surface area is 151 Å². The second-order valence-corrected chi connectivity index (χ2v) is 6.41. The van der Waals surface area contributed by atoms with Crippen molar-refractivity contribution in [1.29, 1.82) is 0 Å². The molecule has 1 aromatic carbocycles. The van der Waals surface area contributed by atoms with Gasteiger partial charge in [-0.2, -0.15) is 0 Å². The molecule has 26 heavy (non-hydrogen) atoms. The van der Waals surface area contributed by atoms with Crippen molar-refractivity contribution in [3.05, 3.63) is 42.0 Å². The Bertz CT molecular complexity index is 761. The number of carbonyl (C=O) groups is 4. The van der Waals surface area contributed by atoms with E-state index in [1.165, 1.54) is 0 Å². The summed E-state index contributed by atoms with van der Waals surface area (Å²) in [7, 11) is 0. The molecule has 1 saturated heterocycles. The quantitative estimate of drug-likeness (QED) is 0.615. The van der Waals surface area contributed by atoms with Crippen molar-refractivity contribution < 1.29 is 19.2 Å². The van der Waals surface area contributed by atoms with E-state index in [-0.39, 0.29) is 36.1 Å². The normalized spacial score (nSPS) is 21.5. The molecule has 1 aliphatic heterocycles. The van der Waals surface area contributed by atoms with Crippen LogP contribution in [0.1, 0.15) is 30.1 Å². The van der Waals surface area contributed by atoms with Crippen LogP contribution in [0.2, 0.25) is 0 Å². The van der Waals surface area contributed by atoms with Crippen LogP contribution in [0.15, 0.2) is 36.4 Å². The van der Waals surface area contributed by atoms with Gasteiger partial charge in [-0.1, -0.05) is 18.2 Å². The van der Waals surface area contributed by atoms with Crippen LogP contribution < -0.4 is 10.6 Å². The molecular weight excluding hydrogens is 334 g/mol. The number of hydrogen-bond donors (Lipinski definition) is 2. The van der Waals surface area contributed by atoms with Crippen molar-refractivity contribution in [2.24, 2.45) is 11.8 Å². The highest BCUT2D eigenvalue weighted by molar-refractivity contribution is 6.09. The third-order valence-electron chi connectivity index (χ3n) is 4.65. The molecule has 1 aromatic rings. The van der Waals surface area contributed by atoms with Crippen molar-refractivity contribution in [3.8, 4) is 0 Å². The number of likely N-dealkylation sites (tertiary alicyclic amines) is 1. The van der Waals surface area contributed by atoms with Gasteiger partial charge in [0.05, 0.1) is 11.8 Å². The summed E-state index contributed by atoms with van der Waals surface area (Å²) in [5.74, 6) is -1.95. The van der Waals surface area contributed by atoms with Gasteiger partial charge in [-0.25, -0.2) is 0 Å². The zero-order valence-electron chi connectivity index (χ0n) is 14.5.